The molecule has 14 heavy (non-hydrogen) atoms. The van der Waals surface area contributed by atoms with E-state index in [2.05, 4.69) is 5.32 Å². The minimum absolute atomic E-state index is 0. The van der Waals surface area contributed by atoms with Gasteiger partial charge in [0.2, 0.25) is 0 Å². The van der Waals surface area contributed by atoms with Crippen molar-refractivity contribution in [3.8, 4) is 11.5 Å². The molecule has 76 valence electrons. The molecular weight excluding hydrogens is 210 g/mol. The van der Waals surface area contributed by atoms with Crippen molar-refractivity contribution in [2.45, 2.75) is 6.10 Å². The Balaban J connectivity index is 0.00000169. The average Bonchev–Trinajstić information content (AvgIpc) is 2.10. The maximum absolute atomic E-state index is 9.48. The number of aliphatic hydroxyl groups is 1. The molecule has 0 saturated heterocycles. The predicted octanol–water partition coefficient (Wildman–Crippen LogP) is -0.566. The Labute approximate surface area is 113 Å². The molecule has 1 aromatic carbocycles. The van der Waals surface area contributed by atoms with E-state index < -0.39 is 6.10 Å². The first-order valence-corrected chi connectivity index (χ1v) is 3.99. The summed E-state index contributed by atoms with van der Waals surface area (Å²) in [5, 5.41) is 30.4. The fourth-order valence-corrected chi connectivity index (χ4v) is 1.06. The molecule has 0 aliphatic heterocycles. The second-order valence-corrected chi connectivity index (χ2v) is 2.82. The molecular formula is C9H15CaNO3. The van der Waals surface area contributed by atoms with Gasteiger partial charge in [-0.2, -0.15) is 0 Å². The van der Waals surface area contributed by atoms with Crippen molar-refractivity contribution < 1.29 is 15.3 Å². The summed E-state index contributed by atoms with van der Waals surface area (Å²) in [7, 11) is 1.73. The van der Waals surface area contributed by atoms with Gasteiger partial charge in [0.1, 0.15) is 0 Å². The number of hydrogen-bond acceptors (Lipinski definition) is 4. The summed E-state index contributed by atoms with van der Waals surface area (Å²) >= 11 is 0. The molecule has 0 amide bonds. The number of rotatable bonds is 3. The summed E-state index contributed by atoms with van der Waals surface area (Å²) in [4.78, 5) is 0. The van der Waals surface area contributed by atoms with Gasteiger partial charge in [0, 0.05) is 6.54 Å². The second-order valence-electron chi connectivity index (χ2n) is 2.82. The predicted molar refractivity (Wildman–Crippen MR) is 57.2 cm³/mol. The molecule has 1 atom stereocenters. The molecule has 0 bridgehead atoms. The monoisotopic (exact) mass is 225 g/mol. The molecule has 5 heteroatoms. The van der Waals surface area contributed by atoms with E-state index in [4.69, 9.17) is 10.2 Å². The molecule has 0 spiro atoms. The van der Waals surface area contributed by atoms with Gasteiger partial charge < -0.3 is 20.6 Å². The van der Waals surface area contributed by atoms with Crippen LogP contribution in [-0.4, -0.2) is 66.7 Å². The van der Waals surface area contributed by atoms with Crippen molar-refractivity contribution in [2.75, 3.05) is 13.6 Å². The summed E-state index contributed by atoms with van der Waals surface area (Å²) in [6.07, 6.45) is -0.670. The maximum atomic E-state index is 9.48. The van der Waals surface area contributed by atoms with Crippen LogP contribution >= 0.6 is 0 Å². The molecule has 0 aliphatic rings. The van der Waals surface area contributed by atoms with Gasteiger partial charge in [0.05, 0.1) is 6.10 Å². The van der Waals surface area contributed by atoms with Crippen molar-refractivity contribution >= 4 is 37.7 Å². The van der Waals surface area contributed by atoms with Crippen molar-refractivity contribution in [1.29, 1.82) is 0 Å². The van der Waals surface area contributed by atoms with Gasteiger partial charge in [-0.05, 0) is 24.7 Å². The average molecular weight is 225 g/mol. The molecule has 0 unspecified atom stereocenters. The molecule has 0 aliphatic carbocycles. The number of nitrogens with one attached hydrogen (secondary N) is 1. The van der Waals surface area contributed by atoms with Crippen LogP contribution in [0.2, 0.25) is 0 Å². The summed E-state index contributed by atoms with van der Waals surface area (Å²) in [5.74, 6) is -0.395. The number of aromatic hydroxyl groups is 2. The molecule has 0 heterocycles. The third kappa shape index (κ3) is 3.63. The van der Waals surface area contributed by atoms with Gasteiger partial charge in [-0.3, -0.25) is 0 Å². The Morgan fingerprint density at radius 1 is 1.29 bits per heavy atom. The van der Waals surface area contributed by atoms with E-state index in [0.717, 1.165) is 0 Å². The number of aliphatic hydroxyl groups excluding tert-OH is 1. The number of phenols is 2. The molecule has 4 N–H and O–H groups in total. The first-order valence-electron chi connectivity index (χ1n) is 3.99. The number of likely N-dealkylation sites (N-methyl/N-ethyl adjacent to an activating group) is 1. The number of phenolic OH excluding ortho intramolecular Hbond substituents is 2. The van der Waals surface area contributed by atoms with Gasteiger partial charge in [-0.15, -0.1) is 0 Å². The fourth-order valence-electron chi connectivity index (χ4n) is 1.06. The van der Waals surface area contributed by atoms with Crippen LogP contribution in [0.1, 0.15) is 11.7 Å². The first-order chi connectivity index (χ1) is 6.15. The van der Waals surface area contributed by atoms with E-state index in [1.54, 1.807) is 13.1 Å². The van der Waals surface area contributed by atoms with E-state index in [1.165, 1.54) is 12.1 Å². The summed E-state index contributed by atoms with van der Waals surface area (Å²) in [5.41, 5.74) is 0.574. The van der Waals surface area contributed by atoms with Crippen LogP contribution in [-0.2, 0) is 0 Å². The minimum atomic E-state index is -0.670. The normalized spacial score (nSPS) is 11.9. The SMILES string of the molecule is CNC[C@H](O)c1ccc(O)c(O)c1.[CaH2]. The van der Waals surface area contributed by atoms with Gasteiger partial charge in [-0.25, -0.2) is 0 Å². The van der Waals surface area contributed by atoms with Crippen LogP contribution in [0, 0.1) is 0 Å². The third-order valence-electron chi connectivity index (χ3n) is 1.78. The summed E-state index contributed by atoms with van der Waals surface area (Å²) in [6.45, 7) is 0.407. The molecule has 0 fully saturated rings. The molecule has 1 rings (SSSR count). The first kappa shape index (κ1) is 14.0. The molecule has 1 aromatic rings. The van der Waals surface area contributed by atoms with Crippen LogP contribution in [0.5, 0.6) is 11.5 Å². The van der Waals surface area contributed by atoms with Crippen molar-refractivity contribution in [3.63, 3.8) is 0 Å². The van der Waals surface area contributed by atoms with E-state index in [9.17, 15) is 5.11 Å². The molecule has 0 saturated carbocycles. The zero-order chi connectivity index (χ0) is 9.84. The molecule has 0 aromatic heterocycles. The van der Waals surface area contributed by atoms with Crippen LogP contribution in [0.4, 0.5) is 0 Å². The zero-order valence-electron chi connectivity index (χ0n) is 7.36. The van der Waals surface area contributed by atoms with Crippen molar-refractivity contribution in [2.24, 2.45) is 0 Å². The van der Waals surface area contributed by atoms with E-state index in [1.807, 2.05) is 0 Å². The van der Waals surface area contributed by atoms with E-state index in [0.29, 0.717) is 12.1 Å². The standard InChI is InChI=1S/C9H13NO3.Ca.2H/c1-10-5-9(13)6-2-3-7(11)8(12)4-6;;;/h2-4,9-13H,5H2,1H3;;;/t9-;;;/m0.../s1. The van der Waals surface area contributed by atoms with Crippen LogP contribution in [0.3, 0.4) is 0 Å². The fraction of sp³-hybridized carbons (Fsp3) is 0.333. The van der Waals surface area contributed by atoms with Gasteiger partial charge in [-0.1, -0.05) is 6.07 Å². The Morgan fingerprint density at radius 2 is 1.93 bits per heavy atom. The number of benzene rings is 1. The third-order valence-corrected chi connectivity index (χ3v) is 1.78. The van der Waals surface area contributed by atoms with E-state index >= 15 is 0 Å². The summed E-state index contributed by atoms with van der Waals surface area (Å²) < 4.78 is 0. The zero-order valence-corrected chi connectivity index (χ0v) is 7.36. The van der Waals surface area contributed by atoms with Gasteiger partial charge in [0.25, 0.3) is 0 Å². The Morgan fingerprint density at radius 3 is 2.43 bits per heavy atom. The van der Waals surface area contributed by atoms with Gasteiger partial charge >= 0.3 is 37.7 Å². The Kier molecular flexibility index (Phi) is 6.48. The second kappa shape index (κ2) is 6.48. The molecule has 0 radical (unpaired) electrons. The van der Waals surface area contributed by atoms with Crippen LogP contribution in [0.25, 0.3) is 0 Å². The van der Waals surface area contributed by atoms with E-state index in [-0.39, 0.29) is 49.2 Å². The Bertz CT molecular complexity index is 293. The van der Waals surface area contributed by atoms with Crippen LogP contribution in [0.15, 0.2) is 18.2 Å². The molecule has 4 nitrogen and oxygen atoms in total. The van der Waals surface area contributed by atoms with Crippen LogP contribution < -0.4 is 5.32 Å². The number of hydrogen-bond donors (Lipinski definition) is 4. The van der Waals surface area contributed by atoms with Crippen molar-refractivity contribution in [1.82, 2.24) is 5.32 Å². The van der Waals surface area contributed by atoms with Crippen molar-refractivity contribution in [3.05, 3.63) is 23.8 Å². The van der Waals surface area contributed by atoms with Gasteiger partial charge in [0.15, 0.2) is 11.5 Å². The topological polar surface area (TPSA) is 72.7 Å². The Hall–Kier alpha value is -0.000260. The summed E-state index contributed by atoms with van der Waals surface area (Å²) in [6, 6.07) is 4.26. The quantitative estimate of drug-likeness (QED) is 0.411.